The van der Waals surface area contributed by atoms with Gasteiger partial charge < -0.3 is 15.3 Å². The molecule has 0 radical (unpaired) electrons. The summed E-state index contributed by atoms with van der Waals surface area (Å²) >= 11 is 0. The maximum atomic E-state index is 10.2. The van der Waals surface area contributed by atoms with E-state index in [1.165, 1.54) is 11.3 Å². The standard InChI is InChI=1S/C16H26N2O/c1-13(2)17-11-14-5-7-15(8-6-14)18-10-4-9-16(3,19)12-18/h5-8,13,17,19H,4,9-12H2,1-3H3. The highest BCUT2D eigenvalue weighted by molar-refractivity contribution is 5.48. The third-order valence-corrected chi connectivity index (χ3v) is 3.69. The van der Waals surface area contributed by atoms with Crippen molar-refractivity contribution >= 4 is 5.69 Å². The highest BCUT2D eigenvalue weighted by atomic mass is 16.3. The van der Waals surface area contributed by atoms with Crippen LogP contribution in [0, 0.1) is 0 Å². The number of rotatable bonds is 4. The molecule has 0 aliphatic carbocycles. The van der Waals surface area contributed by atoms with Gasteiger partial charge in [0.25, 0.3) is 0 Å². The van der Waals surface area contributed by atoms with Gasteiger partial charge >= 0.3 is 0 Å². The van der Waals surface area contributed by atoms with Gasteiger partial charge in [0.15, 0.2) is 0 Å². The minimum Gasteiger partial charge on any atom is -0.388 e. The Morgan fingerprint density at radius 1 is 1.32 bits per heavy atom. The Labute approximate surface area is 116 Å². The summed E-state index contributed by atoms with van der Waals surface area (Å²) < 4.78 is 0. The molecular weight excluding hydrogens is 236 g/mol. The van der Waals surface area contributed by atoms with Crippen molar-refractivity contribution in [3.8, 4) is 0 Å². The van der Waals surface area contributed by atoms with Crippen LogP contribution in [0.3, 0.4) is 0 Å². The van der Waals surface area contributed by atoms with Crippen LogP contribution in [-0.2, 0) is 6.54 Å². The highest BCUT2D eigenvalue weighted by Gasteiger charge is 2.28. The third-order valence-electron chi connectivity index (χ3n) is 3.69. The number of piperidine rings is 1. The lowest BCUT2D eigenvalue weighted by atomic mass is 9.95. The summed E-state index contributed by atoms with van der Waals surface area (Å²) in [5.41, 5.74) is 1.98. The quantitative estimate of drug-likeness (QED) is 0.875. The van der Waals surface area contributed by atoms with Crippen LogP contribution in [0.25, 0.3) is 0 Å². The molecule has 1 aromatic rings. The van der Waals surface area contributed by atoms with Crippen molar-refractivity contribution in [2.24, 2.45) is 0 Å². The first-order chi connectivity index (χ1) is 8.96. The minimum atomic E-state index is -0.546. The molecule has 0 saturated carbocycles. The van der Waals surface area contributed by atoms with Gasteiger partial charge in [-0.1, -0.05) is 26.0 Å². The van der Waals surface area contributed by atoms with Gasteiger partial charge in [-0.05, 0) is 37.5 Å². The van der Waals surface area contributed by atoms with Crippen molar-refractivity contribution in [3.05, 3.63) is 29.8 Å². The van der Waals surface area contributed by atoms with E-state index in [0.29, 0.717) is 6.04 Å². The molecule has 2 N–H and O–H groups in total. The van der Waals surface area contributed by atoms with Crippen LogP contribution in [0.2, 0.25) is 0 Å². The fourth-order valence-electron chi connectivity index (χ4n) is 2.59. The first kappa shape index (κ1) is 14.4. The van der Waals surface area contributed by atoms with Gasteiger partial charge in [0.2, 0.25) is 0 Å². The van der Waals surface area contributed by atoms with Gasteiger partial charge in [-0.15, -0.1) is 0 Å². The Kier molecular flexibility index (Phi) is 4.48. The van der Waals surface area contributed by atoms with E-state index >= 15 is 0 Å². The SMILES string of the molecule is CC(C)NCc1ccc(N2CCCC(C)(O)C2)cc1. The topological polar surface area (TPSA) is 35.5 Å². The predicted octanol–water partition coefficient (Wildman–Crippen LogP) is 2.54. The second kappa shape index (κ2) is 5.93. The third kappa shape index (κ3) is 4.22. The number of benzene rings is 1. The molecule has 2 rings (SSSR count). The smallest absolute Gasteiger partial charge is 0.0794 e. The molecule has 1 atom stereocenters. The van der Waals surface area contributed by atoms with Gasteiger partial charge in [-0.25, -0.2) is 0 Å². The molecule has 1 saturated heterocycles. The number of hydrogen-bond acceptors (Lipinski definition) is 3. The van der Waals surface area contributed by atoms with Crippen molar-refractivity contribution in [2.45, 2.75) is 51.8 Å². The van der Waals surface area contributed by atoms with Gasteiger partial charge in [0, 0.05) is 31.4 Å². The molecule has 1 aromatic carbocycles. The van der Waals surface area contributed by atoms with E-state index in [-0.39, 0.29) is 0 Å². The molecular formula is C16H26N2O. The summed E-state index contributed by atoms with van der Waals surface area (Å²) in [4.78, 5) is 2.28. The molecule has 1 heterocycles. The molecule has 1 aliphatic heterocycles. The molecule has 19 heavy (non-hydrogen) atoms. The second-order valence-corrected chi connectivity index (χ2v) is 6.22. The zero-order valence-electron chi connectivity index (χ0n) is 12.3. The molecule has 1 unspecified atom stereocenters. The van der Waals surface area contributed by atoms with Crippen LogP contribution >= 0.6 is 0 Å². The maximum Gasteiger partial charge on any atom is 0.0794 e. The van der Waals surface area contributed by atoms with Crippen molar-refractivity contribution in [1.82, 2.24) is 5.32 Å². The molecule has 0 spiro atoms. The highest BCUT2D eigenvalue weighted by Crippen LogP contribution is 2.25. The van der Waals surface area contributed by atoms with E-state index in [0.717, 1.165) is 32.5 Å². The number of β-amino-alcohol motifs (C(OH)–C–C–N with tert-alkyl or cyclic N) is 1. The molecule has 1 fully saturated rings. The van der Waals surface area contributed by atoms with Crippen LogP contribution in [0.5, 0.6) is 0 Å². The van der Waals surface area contributed by atoms with E-state index in [2.05, 4.69) is 48.3 Å². The van der Waals surface area contributed by atoms with E-state index in [4.69, 9.17) is 0 Å². The van der Waals surface area contributed by atoms with Crippen LogP contribution in [0.4, 0.5) is 5.69 Å². The van der Waals surface area contributed by atoms with Gasteiger partial charge in [0.1, 0.15) is 0 Å². The summed E-state index contributed by atoms with van der Waals surface area (Å²) in [5, 5.41) is 13.6. The average molecular weight is 262 g/mol. The Morgan fingerprint density at radius 2 is 2.00 bits per heavy atom. The van der Waals surface area contributed by atoms with Gasteiger partial charge in [-0.2, -0.15) is 0 Å². The maximum absolute atomic E-state index is 10.2. The lowest BCUT2D eigenvalue weighted by molar-refractivity contribution is 0.0449. The van der Waals surface area contributed by atoms with Crippen LogP contribution < -0.4 is 10.2 Å². The molecule has 0 aromatic heterocycles. The van der Waals surface area contributed by atoms with Crippen molar-refractivity contribution in [3.63, 3.8) is 0 Å². The zero-order chi connectivity index (χ0) is 13.9. The normalized spacial score (nSPS) is 23.9. The number of anilines is 1. The molecule has 0 amide bonds. The largest absolute Gasteiger partial charge is 0.388 e. The fourth-order valence-corrected chi connectivity index (χ4v) is 2.59. The fraction of sp³-hybridized carbons (Fsp3) is 0.625. The zero-order valence-corrected chi connectivity index (χ0v) is 12.3. The minimum absolute atomic E-state index is 0.511. The Hall–Kier alpha value is -1.06. The van der Waals surface area contributed by atoms with E-state index in [1.54, 1.807) is 0 Å². The summed E-state index contributed by atoms with van der Waals surface area (Å²) in [5.74, 6) is 0. The predicted molar refractivity (Wildman–Crippen MR) is 80.5 cm³/mol. The molecule has 106 valence electrons. The number of hydrogen-bond donors (Lipinski definition) is 2. The van der Waals surface area contributed by atoms with Crippen LogP contribution in [0.15, 0.2) is 24.3 Å². The van der Waals surface area contributed by atoms with Crippen molar-refractivity contribution < 1.29 is 5.11 Å². The van der Waals surface area contributed by atoms with E-state index < -0.39 is 5.60 Å². The Bertz CT molecular complexity index is 398. The Balaban J connectivity index is 1.98. The number of nitrogens with zero attached hydrogens (tertiary/aromatic N) is 1. The van der Waals surface area contributed by atoms with Crippen molar-refractivity contribution in [1.29, 1.82) is 0 Å². The summed E-state index contributed by atoms with van der Waals surface area (Å²) in [7, 11) is 0. The first-order valence-electron chi connectivity index (χ1n) is 7.26. The van der Waals surface area contributed by atoms with Crippen LogP contribution in [-0.4, -0.2) is 29.8 Å². The molecule has 3 nitrogen and oxygen atoms in total. The van der Waals surface area contributed by atoms with Gasteiger partial charge in [-0.3, -0.25) is 0 Å². The molecule has 0 bridgehead atoms. The van der Waals surface area contributed by atoms with Crippen molar-refractivity contribution in [2.75, 3.05) is 18.0 Å². The lowest BCUT2D eigenvalue weighted by Gasteiger charge is -2.38. The lowest BCUT2D eigenvalue weighted by Crippen LogP contribution is -2.46. The van der Waals surface area contributed by atoms with Crippen LogP contribution in [0.1, 0.15) is 39.2 Å². The summed E-state index contributed by atoms with van der Waals surface area (Å²) in [6, 6.07) is 9.19. The summed E-state index contributed by atoms with van der Waals surface area (Å²) in [6.45, 7) is 8.93. The molecule has 3 heteroatoms. The molecule has 1 aliphatic rings. The van der Waals surface area contributed by atoms with E-state index in [1.807, 2.05) is 6.92 Å². The number of nitrogens with one attached hydrogen (secondary N) is 1. The Morgan fingerprint density at radius 3 is 2.58 bits per heavy atom. The number of aliphatic hydroxyl groups is 1. The monoisotopic (exact) mass is 262 g/mol. The van der Waals surface area contributed by atoms with Gasteiger partial charge in [0.05, 0.1) is 5.60 Å². The second-order valence-electron chi connectivity index (χ2n) is 6.22. The average Bonchev–Trinajstić information content (AvgIpc) is 2.36. The first-order valence-corrected chi connectivity index (χ1v) is 7.26. The summed E-state index contributed by atoms with van der Waals surface area (Å²) in [6.07, 6.45) is 1.96. The van der Waals surface area contributed by atoms with E-state index in [9.17, 15) is 5.11 Å².